The molecule has 0 aliphatic carbocycles. The number of aliphatic hydroxyl groups excluding tert-OH is 2. The van der Waals surface area contributed by atoms with Gasteiger partial charge in [0.1, 0.15) is 17.3 Å². The lowest BCUT2D eigenvalue weighted by molar-refractivity contribution is -0.139. The van der Waals surface area contributed by atoms with E-state index in [1.54, 1.807) is 12.1 Å². The van der Waals surface area contributed by atoms with E-state index in [0.29, 0.717) is 17.1 Å². The van der Waals surface area contributed by atoms with E-state index < -0.39 is 30.4 Å². The zero-order valence-electron chi connectivity index (χ0n) is 22.7. The average molecular weight is 540 g/mol. The largest absolute Gasteiger partial charge is 0.481 e. The van der Waals surface area contributed by atoms with Crippen molar-refractivity contribution in [3.8, 4) is 11.4 Å². The number of amides is 1. The van der Waals surface area contributed by atoms with E-state index in [0.717, 1.165) is 12.8 Å². The van der Waals surface area contributed by atoms with E-state index >= 15 is 0 Å². The Kier molecular flexibility index (Phi) is 10.8. The number of hydrogen-bond acceptors (Lipinski definition) is 5. The van der Waals surface area contributed by atoms with Gasteiger partial charge in [0.15, 0.2) is 0 Å². The molecule has 0 bridgehead atoms. The second kappa shape index (κ2) is 14.0. The van der Waals surface area contributed by atoms with Gasteiger partial charge < -0.3 is 25.2 Å². The number of carboxylic acids is 1. The molecule has 1 aromatic heterocycles. The quantitative estimate of drug-likeness (QED) is 0.238. The third-order valence-corrected chi connectivity index (χ3v) is 6.60. The smallest absolute Gasteiger partial charge is 0.305 e. The van der Waals surface area contributed by atoms with Crippen LogP contribution in [0.25, 0.3) is 11.4 Å². The summed E-state index contributed by atoms with van der Waals surface area (Å²) in [5.74, 6) is -1.47. The minimum absolute atomic E-state index is 0.0871. The van der Waals surface area contributed by atoms with Crippen molar-refractivity contribution in [2.24, 2.45) is 0 Å². The van der Waals surface area contributed by atoms with E-state index in [9.17, 15) is 24.2 Å². The second-order valence-corrected chi connectivity index (χ2v) is 10.3. The van der Waals surface area contributed by atoms with Gasteiger partial charge in [0, 0.05) is 18.2 Å². The highest BCUT2D eigenvalue weighted by molar-refractivity contribution is 5.94. The summed E-state index contributed by atoms with van der Waals surface area (Å²) in [7, 11) is 0. The third-order valence-electron chi connectivity index (χ3n) is 6.60. The van der Waals surface area contributed by atoms with Crippen LogP contribution in [-0.4, -0.2) is 55.0 Å². The molecule has 3 rings (SSSR count). The average Bonchev–Trinajstić information content (AvgIpc) is 3.27. The second-order valence-electron chi connectivity index (χ2n) is 10.3. The molecule has 1 amide bonds. The number of hydrogen-bond donors (Lipinski definition) is 4. The minimum atomic E-state index is -1.17. The number of carbonyl (C=O) groups is 2. The number of halogens is 1. The topological polar surface area (TPSA) is 125 Å². The summed E-state index contributed by atoms with van der Waals surface area (Å²) in [6, 6.07) is 15.8. The summed E-state index contributed by atoms with van der Waals surface area (Å²) in [5, 5.41) is 32.3. The first kappa shape index (κ1) is 30.0. The lowest BCUT2D eigenvalue weighted by Gasteiger charge is -2.19. The fraction of sp³-hybridized carbons (Fsp3) is 0.433. The summed E-state index contributed by atoms with van der Waals surface area (Å²) >= 11 is 0. The van der Waals surface area contributed by atoms with Crippen LogP contribution in [0, 0.1) is 5.82 Å². The van der Waals surface area contributed by atoms with Gasteiger partial charge in [0.2, 0.25) is 0 Å². The molecule has 1 heterocycles. The molecule has 0 saturated carbocycles. The fourth-order valence-corrected chi connectivity index (χ4v) is 4.65. The van der Waals surface area contributed by atoms with Crippen LogP contribution in [0.1, 0.15) is 74.1 Å². The van der Waals surface area contributed by atoms with E-state index in [2.05, 4.69) is 17.4 Å². The summed E-state index contributed by atoms with van der Waals surface area (Å²) in [6.45, 7) is 6.12. The van der Waals surface area contributed by atoms with Gasteiger partial charge in [-0.1, -0.05) is 44.2 Å². The summed E-state index contributed by atoms with van der Waals surface area (Å²) in [5.41, 5.74) is 2.77. The molecule has 0 aliphatic rings. The number of benzene rings is 2. The van der Waals surface area contributed by atoms with Crippen LogP contribution in [0.15, 0.2) is 54.6 Å². The standard InChI is InChI=1S/C30H38FN3O5/c1-19(2)28-27(30(39)32-20(3)9-10-21-7-5-4-6-8-21)33-29(22-11-13-23(31)14-12-22)34(28)16-15-24(35)17-25(36)18-26(37)38/h4-8,11-14,19-20,24-25,35-36H,9-10,15-18H2,1-3H3,(H,32,39)(H,37,38)/t20-,24+,25+/m0/s1. The molecule has 0 spiro atoms. The first-order valence-electron chi connectivity index (χ1n) is 13.3. The number of carboxylic acid groups (broad SMARTS) is 1. The van der Waals surface area contributed by atoms with E-state index in [1.165, 1.54) is 17.7 Å². The van der Waals surface area contributed by atoms with E-state index in [-0.39, 0.29) is 42.9 Å². The Morgan fingerprint density at radius 1 is 0.974 bits per heavy atom. The number of imidazole rings is 1. The van der Waals surface area contributed by atoms with Crippen molar-refractivity contribution in [2.45, 2.75) is 83.6 Å². The monoisotopic (exact) mass is 539 g/mol. The Morgan fingerprint density at radius 2 is 1.64 bits per heavy atom. The molecule has 210 valence electrons. The Morgan fingerprint density at radius 3 is 2.26 bits per heavy atom. The van der Waals surface area contributed by atoms with Crippen LogP contribution in [0.4, 0.5) is 4.39 Å². The molecule has 3 atom stereocenters. The Balaban J connectivity index is 1.85. The molecule has 0 fully saturated rings. The number of rotatable bonds is 14. The predicted molar refractivity (Wildman–Crippen MR) is 147 cm³/mol. The van der Waals surface area contributed by atoms with E-state index in [1.807, 2.05) is 43.5 Å². The van der Waals surface area contributed by atoms with Gasteiger partial charge in [-0.15, -0.1) is 0 Å². The van der Waals surface area contributed by atoms with Crippen molar-refractivity contribution in [3.05, 3.63) is 77.4 Å². The van der Waals surface area contributed by atoms with Crippen LogP contribution >= 0.6 is 0 Å². The maximum absolute atomic E-state index is 13.7. The first-order chi connectivity index (χ1) is 18.5. The summed E-state index contributed by atoms with van der Waals surface area (Å²) < 4.78 is 15.5. The molecule has 0 radical (unpaired) electrons. The molecule has 0 aliphatic heterocycles. The molecule has 9 heteroatoms. The lowest BCUT2D eigenvalue weighted by atomic mass is 10.0. The molecule has 3 aromatic rings. The minimum Gasteiger partial charge on any atom is -0.481 e. The van der Waals surface area contributed by atoms with Gasteiger partial charge >= 0.3 is 5.97 Å². The number of aromatic nitrogens is 2. The molecule has 8 nitrogen and oxygen atoms in total. The molecule has 2 aromatic carbocycles. The molecular formula is C30H38FN3O5. The first-order valence-corrected chi connectivity index (χ1v) is 13.3. The normalized spacial score (nSPS) is 13.7. The Labute approximate surface area is 228 Å². The van der Waals surface area contributed by atoms with Gasteiger partial charge in [0.05, 0.1) is 24.3 Å². The van der Waals surface area contributed by atoms with Crippen molar-refractivity contribution in [2.75, 3.05) is 0 Å². The van der Waals surface area contributed by atoms with Gasteiger partial charge in [-0.2, -0.15) is 0 Å². The highest BCUT2D eigenvalue weighted by atomic mass is 19.1. The molecular weight excluding hydrogens is 501 g/mol. The van der Waals surface area contributed by atoms with Crippen LogP contribution in [-0.2, 0) is 17.8 Å². The third kappa shape index (κ3) is 8.73. The molecule has 4 N–H and O–H groups in total. The van der Waals surface area contributed by atoms with Crippen LogP contribution in [0.2, 0.25) is 0 Å². The van der Waals surface area contributed by atoms with Crippen LogP contribution < -0.4 is 5.32 Å². The number of aryl methyl sites for hydroxylation is 1. The maximum Gasteiger partial charge on any atom is 0.305 e. The number of carbonyl (C=O) groups excluding carboxylic acids is 1. The summed E-state index contributed by atoms with van der Waals surface area (Å²) in [6.07, 6.45) is -0.889. The predicted octanol–water partition coefficient (Wildman–Crippen LogP) is 4.54. The van der Waals surface area contributed by atoms with Crippen molar-refractivity contribution >= 4 is 11.9 Å². The Hall–Kier alpha value is -3.56. The number of aliphatic carboxylic acids is 1. The van der Waals surface area contributed by atoms with Crippen molar-refractivity contribution in [3.63, 3.8) is 0 Å². The zero-order chi connectivity index (χ0) is 28.5. The highest BCUT2D eigenvalue weighted by Gasteiger charge is 2.26. The fourth-order valence-electron chi connectivity index (χ4n) is 4.65. The number of aliphatic hydroxyl groups is 2. The van der Waals surface area contributed by atoms with Crippen molar-refractivity contribution in [1.29, 1.82) is 0 Å². The number of nitrogens with one attached hydrogen (secondary N) is 1. The maximum atomic E-state index is 13.7. The van der Waals surface area contributed by atoms with Gasteiger partial charge in [-0.3, -0.25) is 9.59 Å². The molecule has 0 saturated heterocycles. The zero-order valence-corrected chi connectivity index (χ0v) is 22.7. The summed E-state index contributed by atoms with van der Waals surface area (Å²) in [4.78, 5) is 29.0. The molecule has 39 heavy (non-hydrogen) atoms. The van der Waals surface area contributed by atoms with Crippen LogP contribution in [0.5, 0.6) is 0 Å². The molecule has 0 unspecified atom stereocenters. The SMILES string of the molecule is CC(C)c1c(C(=O)N[C@@H](C)CCc2ccccc2)nc(-c2ccc(F)cc2)n1CC[C@@H](O)C[C@@H](O)CC(=O)O. The Bertz CT molecular complexity index is 1230. The van der Waals surface area contributed by atoms with E-state index in [4.69, 9.17) is 10.1 Å². The van der Waals surface area contributed by atoms with Gasteiger partial charge in [-0.25, -0.2) is 9.37 Å². The van der Waals surface area contributed by atoms with Crippen molar-refractivity contribution in [1.82, 2.24) is 14.9 Å². The number of nitrogens with zero attached hydrogens (tertiary/aromatic N) is 2. The van der Waals surface area contributed by atoms with Crippen LogP contribution in [0.3, 0.4) is 0 Å². The van der Waals surface area contributed by atoms with Crippen molar-refractivity contribution < 1.29 is 29.3 Å². The van der Waals surface area contributed by atoms with Gasteiger partial charge in [-0.05, 0) is 68.4 Å². The highest BCUT2D eigenvalue weighted by Crippen LogP contribution is 2.29. The van der Waals surface area contributed by atoms with Gasteiger partial charge in [0.25, 0.3) is 5.91 Å². The lowest BCUT2D eigenvalue weighted by Crippen LogP contribution is -2.34.